The first-order chi connectivity index (χ1) is 10.0. The maximum Gasteiger partial charge on any atom is 0.160 e. The number of aryl methyl sites for hydroxylation is 1. The molecule has 21 heavy (non-hydrogen) atoms. The molecule has 0 aromatic heterocycles. The lowest BCUT2D eigenvalue weighted by atomic mass is 9.98. The highest BCUT2D eigenvalue weighted by molar-refractivity contribution is 6.31. The van der Waals surface area contributed by atoms with Crippen molar-refractivity contribution < 1.29 is 8.78 Å². The van der Waals surface area contributed by atoms with Crippen molar-refractivity contribution in [2.75, 3.05) is 6.54 Å². The number of halogens is 3. The van der Waals surface area contributed by atoms with Crippen LogP contribution in [0.1, 0.15) is 29.7 Å². The van der Waals surface area contributed by atoms with Gasteiger partial charge in [0.2, 0.25) is 0 Å². The largest absolute Gasteiger partial charge is 0.310 e. The number of hydrogen-bond acceptors (Lipinski definition) is 1. The monoisotopic (exact) mass is 309 g/mol. The third-order valence-electron chi connectivity index (χ3n) is 3.43. The molecule has 2 aromatic carbocycles. The van der Waals surface area contributed by atoms with Gasteiger partial charge in [0.1, 0.15) is 0 Å². The highest BCUT2D eigenvalue weighted by Gasteiger charge is 2.17. The van der Waals surface area contributed by atoms with E-state index in [9.17, 15) is 8.78 Å². The van der Waals surface area contributed by atoms with Crippen molar-refractivity contribution in [3.05, 3.63) is 69.7 Å². The fourth-order valence-electron chi connectivity index (χ4n) is 2.30. The molecular weight excluding hydrogens is 292 g/mol. The van der Waals surface area contributed by atoms with E-state index in [0.29, 0.717) is 18.5 Å². The zero-order valence-electron chi connectivity index (χ0n) is 12.1. The second-order valence-electron chi connectivity index (χ2n) is 5.09. The molecule has 0 fully saturated rings. The van der Waals surface area contributed by atoms with Crippen LogP contribution in [0.2, 0.25) is 5.02 Å². The Labute approximate surface area is 128 Å². The zero-order chi connectivity index (χ0) is 15.4. The molecule has 0 bridgehead atoms. The van der Waals surface area contributed by atoms with Gasteiger partial charge in [-0.2, -0.15) is 0 Å². The van der Waals surface area contributed by atoms with E-state index in [-0.39, 0.29) is 11.1 Å². The minimum atomic E-state index is -0.922. The van der Waals surface area contributed by atoms with E-state index in [1.54, 1.807) is 0 Å². The molecule has 0 aliphatic rings. The van der Waals surface area contributed by atoms with Crippen molar-refractivity contribution in [1.29, 1.82) is 0 Å². The number of benzene rings is 2. The minimum absolute atomic E-state index is 0.152. The molecule has 2 aromatic rings. The molecule has 0 saturated carbocycles. The third kappa shape index (κ3) is 4.02. The molecule has 0 saturated heterocycles. The molecule has 4 heteroatoms. The van der Waals surface area contributed by atoms with Gasteiger partial charge in [0, 0.05) is 11.1 Å². The highest BCUT2D eigenvalue weighted by atomic mass is 35.5. The van der Waals surface area contributed by atoms with Crippen molar-refractivity contribution in [1.82, 2.24) is 5.32 Å². The van der Waals surface area contributed by atoms with Crippen LogP contribution in [0, 0.1) is 18.6 Å². The predicted molar refractivity (Wildman–Crippen MR) is 82.7 cm³/mol. The van der Waals surface area contributed by atoms with Crippen LogP contribution in [0.15, 0.2) is 36.4 Å². The Hall–Kier alpha value is -1.45. The molecule has 1 N–H and O–H groups in total. The molecular formula is C17H18ClF2N. The van der Waals surface area contributed by atoms with Crippen LogP contribution < -0.4 is 5.32 Å². The van der Waals surface area contributed by atoms with Crippen molar-refractivity contribution in [2.45, 2.75) is 26.3 Å². The topological polar surface area (TPSA) is 12.0 Å². The Kier molecular flexibility index (Phi) is 5.32. The van der Waals surface area contributed by atoms with Gasteiger partial charge < -0.3 is 5.32 Å². The summed E-state index contributed by atoms with van der Waals surface area (Å²) >= 11 is 6.08. The Morgan fingerprint density at radius 3 is 2.33 bits per heavy atom. The first kappa shape index (κ1) is 15.9. The van der Waals surface area contributed by atoms with E-state index >= 15 is 0 Å². The molecule has 0 spiro atoms. The lowest BCUT2D eigenvalue weighted by Crippen LogP contribution is -2.23. The van der Waals surface area contributed by atoms with Crippen LogP contribution in [0.25, 0.3) is 0 Å². The standard InChI is InChI=1S/C17H18ClF2N/c1-3-21-17(8-12-6-4-11(2)5-7-12)13-9-15(19)16(20)10-14(13)18/h4-7,9-10,17,21H,3,8H2,1-2H3. The van der Waals surface area contributed by atoms with Gasteiger partial charge in [0.15, 0.2) is 11.6 Å². The van der Waals surface area contributed by atoms with Gasteiger partial charge in [0.25, 0.3) is 0 Å². The minimum Gasteiger partial charge on any atom is -0.310 e. The summed E-state index contributed by atoms with van der Waals surface area (Å²) in [6.45, 7) is 4.71. The molecule has 1 nitrogen and oxygen atoms in total. The molecule has 2 rings (SSSR count). The average Bonchev–Trinajstić information content (AvgIpc) is 2.45. The molecule has 0 aliphatic carbocycles. The van der Waals surface area contributed by atoms with Gasteiger partial charge in [-0.25, -0.2) is 8.78 Å². The van der Waals surface area contributed by atoms with Gasteiger partial charge in [-0.3, -0.25) is 0 Å². The van der Waals surface area contributed by atoms with Crippen molar-refractivity contribution in [3.8, 4) is 0 Å². The van der Waals surface area contributed by atoms with Crippen LogP contribution in [-0.4, -0.2) is 6.54 Å². The van der Waals surface area contributed by atoms with Crippen molar-refractivity contribution in [3.63, 3.8) is 0 Å². The quantitative estimate of drug-likeness (QED) is 0.781. The zero-order valence-corrected chi connectivity index (χ0v) is 12.8. The summed E-state index contributed by atoms with van der Waals surface area (Å²) in [6, 6.07) is 10.2. The summed E-state index contributed by atoms with van der Waals surface area (Å²) in [5.41, 5.74) is 2.88. The Morgan fingerprint density at radius 2 is 1.71 bits per heavy atom. The summed E-state index contributed by atoms with van der Waals surface area (Å²) in [5.74, 6) is -1.80. The van der Waals surface area contributed by atoms with Crippen LogP contribution in [0.4, 0.5) is 8.78 Å². The van der Waals surface area contributed by atoms with E-state index in [4.69, 9.17) is 11.6 Å². The van der Waals surface area contributed by atoms with Gasteiger partial charge >= 0.3 is 0 Å². The summed E-state index contributed by atoms with van der Waals surface area (Å²) in [6.07, 6.45) is 0.666. The Balaban J connectivity index is 2.30. The predicted octanol–water partition coefficient (Wildman–Crippen LogP) is 4.82. The van der Waals surface area contributed by atoms with Crippen LogP contribution in [-0.2, 0) is 6.42 Å². The normalized spacial score (nSPS) is 12.4. The summed E-state index contributed by atoms with van der Waals surface area (Å²) < 4.78 is 26.7. The Bertz CT molecular complexity index is 611. The molecule has 1 unspecified atom stereocenters. The molecule has 112 valence electrons. The lowest BCUT2D eigenvalue weighted by Gasteiger charge is -2.20. The summed E-state index contributed by atoms with van der Waals surface area (Å²) in [5, 5.41) is 3.52. The second-order valence-corrected chi connectivity index (χ2v) is 5.50. The second kappa shape index (κ2) is 7.01. The van der Waals surface area contributed by atoms with Crippen LogP contribution in [0.5, 0.6) is 0 Å². The molecule has 1 atom stereocenters. The average molecular weight is 310 g/mol. The fourth-order valence-corrected chi connectivity index (χ4v) is 2.59. The third-order valence-corrected chi connectivity index (χ3v) is 3.75. The summed E-state index contributed by atoms with van der Waals surface area (Å²) in [7, 11) is 0. The van der Waals surface area contributed by atoms with E-state index in [2.05, 4.69) is 5.32 Å². The van der Waals surface area contributed by atoms with Gasteiger partial charge in [-0.15, -0.1) is 0 Å². The highest BCUT2D eigenvalue weighted by Crippen LogP contribution is 2.28. The number of rotatable bonds is 5. The maximum absolute atomic E-state index is 13.5. The first-order valence-corrected chi connectivity index (χ1v) is 7.32. The molecule has 0 aliphatic heterocycles. The maximum atomic E-state index is 13.5. The Morgan fingerprint density at radius 1 is 1.10 bits per heavy atom. The van der Waals surface area contributed by atoms with Crippen molar-refractivity contribution in [2.24, 2.45) is 0 Å². The van der Waals surface area contributed by atoms with Gasteiger partial charge in [-0.05, 0) is 43.1 Å². The SMILES string of the molecule is CCNC(Cc1ccc(C)cc1)c1cc(F)c(F)cc1Cl. The van der Waals surface area contributed by atoms with Crippen molar-refractivity contribution >= 4 is 11.6 Å². The lowest BCUT2D eigenvalue weighted by molar-refractivity contribution is 0.497. The van der Waals surface area contributed by atoms with Crippen LogP contribution in [0.3, 0.4) is 0 Å². The van der Waals surface area contributed by atoms with Crippen LogP contribution >= 0.6 is 11.6 Å². The molecule has 0 amide bonds. The van der Waals surface area contributed by atoms with E-state index < -0.39 is 11.6 Å². The van der Waals surface area contributed by atoms with E-state index in [1.165, 1.54) is 11.6 Å². The fraction of sp³-hybridized carbons (Fsp3) is 0.294. The number of hydrogen-bond donors (Lipinski definition) is 1. The smallest absolute Gasteiger partial charge is 0.160 e. The number of nitrogens with one attached hydrogen (secondary N) is 1. The van der Waals surface area contributed by atoms with Gasteiger partial charge in [-0.1, -0.05) is 48.4 Å². The molecule has 0 heterocycles. The molecule has 0 radical (unpaired) electrons. The van der Waals surface area contributed by atoms with E-state index in [0.717, 1.165) is 11.6 Å². The van der Waals surface area contributed by atoms with Gasteiger partial charge in [0.05, 0.1) is 0 Å². The van der Waals surface area contributed by atoms with E-state index in [1.807, 2.05) is 38.1 Å². The summed E-state index contributed by atoms with van der Waals surface area (Å²) in [4.78, 5) is 0. The first-order valence-electron chi connectivity index (χ1n) is 6.94. The number of likely N-dealkylation sites (N-methyl/N-ethyl adjacent to an activating group) is 1.